The normalized spacial score (nSPS) is 24.3. The second-order valence-electron chi connectivity index (χ2n) is 5.46. The lowest BCUT2D eigenvalue weighted by Gasteiger charge is -2.38. The Morgan fingerprint density at radius 1 is 1.53 bits per heavy atom. The van der Waals surface area contributed by atoms with E-state index >= 15 is 0 Å². The Hall–Kier alpha value is -1.43. The summed E-state index contributed by atoms with van der Waals surface area (Å²) >= 11 is 0. The quantitative estimate of drug-likeness (QED) is 0.843. The van der Waals surface area contributed by atoms with Gasteiger partial charge in [-0.25, -0.2) is 0 Å². The molecule has 1 aromatic heterocycles. The molecule has 0 saturated carbocycles. The summed E-state index contributed by atoms with van der Waals surface area (Å²) in [6.07, 6.45) is 5.51. The van der Waals surface area contributed by atoms with E-state index in [2.05, 4.69) is 34.4 Å². The van der Waals surface area contributed by atoms with E-state index in [4.69, 9.17) is 0 Å². The first kappa shape index (κ1) is 14.0. The summed E-state index contributed by atoms with van der Waals surface area (Å²) in [7, 11) is 0. The summed E-state index contributed by atoms with van der Waals surface area (Å²) in [6, 6.07) is 0. The molecule has 2 heterocycles. The zero-order chi connectivity index (χ0) is 13.7. The summed E-state index contributed by atoms with van der Waals surface area (Å²) < 4.78 is 1.72. The first-order chi connectivity index (χ1) is 9.14. The summed E-state index contributed by atoms with van der Waals surface area (Å²) in [5.74, 6) is 0.158. The average molecular weight is 265 g/mol. The number of hydrogen-bond acceptors (Lipinski definition) is 4. The van der Waals surface area contributed by atoms with Crippen LogP contribution in [0.3, 0.4) is 0 Å². The fraction of sp³-hybridized carbons (Fsp3) is 0.769. The highest BCUT2D eigenvalue weighted by Crippen LogP contribution is 2.29. The van der Waals surface area contributed by atoms with E-state index in [9.17, 15) is 4.79 Å². The molecule has 6 nitrogen and oxygen atoms in total. The van der Waals surface area contributed by atoms with Crippen LogP contribution in [0.4, 0.5) is 0 Å². The Balaban J connectivity index is 1.81. The molecule has 1 atom stereocenters. The molecule has 0 spiro atoms. The molecule has 1 aliphatic heterocycles. The molecule has 1 amide bonds. The Labute approximate surface area is 114 Å². The van der Waals surface area contributed by atoms with Crippen LogP contribution in [0.15, 0.2) is 12.4 Å². The van der Waals surface area contributed by atoms with Gasteiger partial charge in [-0.05, 0) is 32.9 Å². The maximum atomic E-state index is 12.3. The van der Waals surface area contributed by atoms with E-state index in [1.807, 2.05) is 0 Å². The van der Waals surface area contributed by atoms with Gasteiger partial charge in [-0.15, -0.1) is 5.10 Å². The standard InChI is InChI=1S/C13H23N5O/c1-3-17-8-4-5-13(2,11-17)12(19)14-6-9-18-10-7-15-16-18/h7,10H,3-6,8-9,11H2,1-2H3,(H,14,19)/t13-/m0/s1. The third kappa shape index (κ3) is 3.53. The second-order valence-corrected chi connectivity index (χ2v) is 5.46. The summed E-state index contributed by atoms with van der Waals surface area (Å²) in [6.45, 7) is 8.47. The van der Waals surface area contributed by atoms with Gasteiger partial charge >= 0.3 is 0 Å². The van der Waals surface area contributed by atoms with E-state index in [-0.39, 0.29) is 11.3 Å². The first-order valence-electron chi connectivity index (χ1n) is 6.99. The van der Waals surface area contributed by atoms with Crippen LogP contribution in [0.25, 0.3) is 0 Å². The molecule has 0 aliphatic carbocycles. The van der Waals surface area contributed by atoms with E-state index < -0.39 is 0 Å². The zero-order valence-electron chi connectivity index (χ0n) is 11.8. The number of carbonyl (C=O) groups excluding carboxylic acids is 1. The van der Waals surface area contributed by atoms with Crippen LogP contribution in [0.5, 0.6) is 0 Å². The molecule has 6 heteroatoms. The van der Waals surface area contributed by atoms with Gasteiger partial charge in [0, 0.05) is 19.3 Å². The minimum atomic E-state index is -0.253. The van der Waals surface area contributed by atoms with Gasteiger partial charge in [-0.3, -0.25) is 9.48 Å². The number of rotatable bonds is 5. The van der Waals surface area contributed by atoms with Gasteiger partial charge in [-0.2, -0.15) is 0 Å². The van der Waals surface area contributed by atoms with E-state index in [1.165, 1.54) is 0 Å². The minimum absolute atomic E-state index is 0.158. The van der Waals surface area contributed by atoms with Crippen LogP contribution < -0.4 is 5.32 Å². The summed E-state index contributed by atoms with van der Waals surface area (Å²) in [5, 5.41) is 10.6. The van der Waals surface area contributed by atoms with Crippen LogP contribution in [0, 0.1) is 5.41 Å². The second kappa shape index (κ2) is 6.14. The van der Waals surface area contributed by atoms with Crippen molar-refractivity contribution in [1.29, 1.82) is 0 Å². The molecule has 1 N–H and O–H groups in total. The van der Waals surface area contributed by atoms with Gasteiger partial charge in [-0.1, -0.05) is 12.1 Å². The van der Waals surface area contributed by atoms with Gasteiger partial charge in [0.05, 0.1) is 18.2 Å². The van der Waals surface area contributed by atoms with E-state index in [1.54, 1.807) is 17.1 Å². The lowest BCUT2D eigenvalue weighted by atomic mass is 9.81. The van der Waals surface area contributed by atoms with Crippen molar-refractivity contribution in [3.05, 3.63) is 12.4 Å². The predicted molar refractivity (Wildman–Crippen MR) is 72.5 cm³/mol. The number of piperidine rings is 1. The van der Waals surface area contributed by atoms with Crippen molar-refractivity contribution in [3.63, 3.8) is 0 Å². The Bertz CT molecular complexity index is 405. The van der Waals surface area contributed by atoms with Gasteiger partial charge < -0.3 is 10.2 Å². The van der Waals surface area contributed by atoms with Crippen LogP contribution in [-0.4, -0.2) is 52.0 Å². The molecule has 1 aromatic rings. The molecule has 0 aromatic carbocycles. The largest absolute Gasteiger partial charge is 0.354 e. The number of aromatic nitrogens is 3. The fourth-order valence-corrected chi connectivity index (χ4v) is 2.65. The fourth-order valence-electron chi connectivity index (χ4n) is 2.65. The van der Waals surface area contributed by atoms with Crippen molar-refractivity contribution in [2.24, 2.45) is 5.41 Å². The smallest absolute Gasteiger partial charge is 0.227 e. The minimum Gasteiger partial charge on any atom is -0.354 e. The Kier molecular flexibility index (Phi) is 4.52. The third-order valence-electron chi connectivity index (χ3n) is 3.87. The average Bonchev–Trinajstić information content (AvgIpc) is 2.91. The van der Waals surface area contributed by atoms with Crippen molar-refractivity contribution in [2.45, 2.75) is 33.2 Å². The van der Waals surface area contributed by atoms with Crippen LogP contribution >= 0.6 is 0 Å². The van der Waals surface area contributed by atoms with Crippen molar-refractivity contribution < 1.29 is 4.79 Å². The first-order valence-corrected chi connectivity index (χ1v) is 6.99. The monoisotopic (exact) mass is 265 g/mol. The highest BCUT2D eigenvalue weighted by atomic mass is 16.2. The lowest BCUT2D eigenvalue weighted by molar-refractivity contribution is -0.133. The van der Waals surface area contributed by atoms with E-state index in [0.29, 0.717) is 13.1 Å². The molecular weight excluding hydrogens is 242 g/mol. The Morgan fingerprint density at radius 3 is 3.05 bits per heavy atom. The van der Waals surface area contributed by atoms with E-state index in [0.717, 1.165) is 32.5 Å². The highest BCUT2D eigenvalue weighted by Gasteiger charge is 2.36. The highest BCUT2D eigenvalue weighted by molar-refractivity contribution is 5.82. The summed E-state index contributed by atoms with van der Waals surface area (Å²) in [4.78, 5) is 14.7. The molecule has 1 saturated heterocycles. The Morgan fingerprint density at radius 2 is 2.37 bits per heavy atom. The molecule has 19 heavy (non-hydrogen) atoms. The number of nitrogens with zero attached hydrogens (tertiary/aromatic N) is 4. The molecule has 1 aliphatic rings. The number of amides is 1. The van der Waals surface area contributed by atoms with Gasteiger partial charge in [0.15, 0.2) is 0 Å². The number of likely N-dealkylation sites (tertiary alicyclic amines) is 1. The number of nitrogens with one attached hydrogen (secondary N) is 1. The summed E-state index contributed by atoms with van der Waals surface area (Å²) in [5.41, 5.74) is -0.253. The maximum absolute atomic E-state index is 12.3. The maximum Gasteiger partial charge on any atom is 0.227 e. The van der Waals surface area contributed by atoms with Crippen LogP contribution in [0.2, 0.25) is 0 Å². The number of hydrogen-bond donors (Lipinski definition) is 1. The molecule has 0 bridgehead atoms. The molecule has 2 rings (SSSR count). The van der Waals surface area contributed by atoms with Crippen molar-refractivity contribution in [3.8, 4) is 0 Å². The van der Waals surface area contributed by atoms with Crippen molar-refractivity contribution >= 4 is 5.91 Å². The van der Waals surface area contributed by atoms with Crippen LogP contribution in [0.1, 0.15) is 26.7 Å². The number of carbonyl (C=O) groups is 1. The predicted octanol–water partition coefficient (Wildman–Crippen LogP) is 0.516. The lowest BCUT2D eigenvalue weighted by Crippen LogP contribution is -2.50. The van der Waals surface area contributed by atoms with Gasteiger partial charge in [0.25, 0.3) is 0 Å². The topological polar surface area (TPSA) is 63.1 Å². The molecular formula is C13H23N5O. The third-order valence-corrected chi connectivity index (χ3v) is 3.87. The van der Waals surface area contributed by atoms with Crippen molar-refractivity contribution in [1.82, 2.24) is 25.2 Å². The molecule has 1 fully saturated rings. The van der Waals surface area contributed by atoms with Crippen molar-refractivity contribution in [2.75, 3.05) is 26.2 Å². The zero-order valence-corrected chi connectivity index (χ0v) is 11.8. The molecule has 0 unspecified atom stereocenters. The SMILES string of the molecule is CCN1CCC[C@](C)(C(=O)NCCn2ccnn2)C1. The molecule has 0 radical (unpaired) electrons. The molecule has 106 valence electrons. The van der Waals surface area contributed by atoms with Gasteiger partial charge in [0.2, 0.25) is 5.91 Å². The van der Waals surface area contributed by atoms with Crippen LogP contribution in [-0.2, 0) is 11.3 Å². The van der Waals surface area contributed by atoms with Gasteiger partial charge in [0.1, 0.15) is 0 Å².